The summed E-state index contributed by atoms with van der Waals surface area (Å²) in [6.45, 7) is 0. The first-order valence-electron chi connectivity index (χ1n) is 9.41. The third-order valence-corrected chi connectivity index (χ3v) is 5.79. The van der Waals surface area contributed by atoms with Crippen LogP contribution in [0.1, 0.15) is 10.4 Å². The summed E-state index contributed by atoms with van der Waals surface area (Å²) in [5.41, 5.74) is 3.13. The average Bonchev–Trinajstić information content (AvgIpc) is 3.42. The van der Waals surface area contributed by atoms with E-state index in [0.717, 1.165) is 16.4 Å². The van der Waals surface area contributed by atoms with Gasteiger partial charge in [-0.1, -0.05) is 6.07 Å². The van der Waals surface area contributed by atoms with E-state index < -0.39 is 0 Å². The van der Waals surface area contributed by atoms with E-state index >= 15 is 0 Å². The Hall–Kier alpha value is -3.98. The lowest BCUT2D eigenvalue weighted by molar-refractivity contribution is 0.0989. The molecule has 0 spiro atoms. The number of hydrogen-bond donors (Lipinski definition) is 2. The molecule has 4 heterocycles. The number of hydrogen-bond acceptors (Lipinski definition) is 6. The first-order chi connectivity index (χ1) is 15.0. The number of ether oxygens (including phenoxy) is 1. The summed E-state index contributed by atoms with van der Waals surface area (Å²) >= 11 is 1.47. The number of anilines is 1. The van der Waals surface area contributed by atoms with Crippen LogP contribution in [0, 0.1) is 0 Å². The number of nitrogens with one attached hydrogen (secondary N) is 2. The van der Waals surface area contributed by atoms with E-state index in [9.17, 15) is 9.59 Å². The van der Waals surface area contributed by atoms with Crippen molar-refractivity contribution in [1.82, 2.24) is 19.9 Å². The molecule has 31 heavy (non-hydrogen) atoms. The summed E-state index contributed by atoms with van der Waals surface area (Å²) < 4.78 is 5.48. The molecule has 1 aromatic carbocycles. The van der Waals surface area contributed by atoms with Crippen LogP contribution in [0.15, 0.2) is 58.1 Å². The van der Waals surface area contributed by atoms with Crippen molar-refractivity contribution in [3.63, 3.8) is 0 Å². The number of rotatable bonds is 4. The van der Waals surface area contributed by atoms with Crippen LogP contribution >= 0.6 is 11.3 Å². The van der Waals surface area contributed by atoms with Gasteiger partial charge in [0, 0.05) is 41.0 Å². The van der Waals surface area contributed by atoms with Crippen LogP contribution in [0.5, 0.6) is 5.75 Å². The molecule has 5 rings (SSSR count). The fourth-order valence-electron chi connectivity index (χ4n) is 3.47. The number of fused-ring (bicyclic) bond motifs is 2. The quantitative estimate of drug-likeness (QED) is 0.450. The number of carbonyl (C=O) groups is 1. The zero-order valence-electron chi connectivity index (χ0n) is 16.7. The highest BCUT2D eigenvalue weighted by Crippen LogP contribution is 2.30. The molecule has 0 bridgehead atoms. The summed E-state index contributed by atoms with van der Waals surface area (Å²) in [7, 11) is 3.18. The van der Waals surface area contributed by atoms with E-state index in [1.54, 1.807) is 37.5 Å². The van der Waals surface area contributed by atoms with Crippen LogP contribution in [0.2, 0.25) is 0 Å². The van der Waals surface area contributed by atoms with Crippen molar-refractivity contribution in [3.8, 4) is 17.1 Å². The van der Waals surface area contributed by atoms with Crippen LogP contribution in [0.3, 0.4) is 0 Å². The SMILES string of the molecule is COc1cc2[nH]c(-c3nc4cscc4[nH]c3=O)cc2cc1C(=O)N(C)c1ccccn1. The lowest BCUT2D eigenvalue weighted by Gasteiger charge is -2.17. The largest absolute Gasteiger partial charge is 0.496 e. The van der Waals surface area contributed by atoms with Gasteiger partial charge in [-0.15, -0.1) is 11.3 Å². The third kappa shape index (κ3) is 3.24. The first-order valence-corrected chi connectivity index (χ1v) is 10.4. The maximum Gasteiger partial charge on any atom is 0.276 e. The van der Waals surface area contributed by atoms with Gasteiger partial charge in [-0.2, -0.15) is 0 Å². The molecule has 0 fully saturated rings. The Morgan fingerprint density at radius 1 is 1.13 bits per heavy atom. The summed E-state index contributed by atoms with van der Waals surface area (Å²) in [6.07, 6.45) is 1.63. The Bertz CT molecular complexity index is 1490. The first kappa shape index (κ1) is 19.0. The van der Waals surface area contributed by atoms with Gasteiger partial charge in [-0.25, -0.2) is 9.97 Å². The van der Waals surface area contributed by atoms with Crippen molar-refractivity contribution in [2.75, 3.05) is 19.1 Å². The molecule has 0 saturated carbocycles. The van der Waals surface area contributed by atoms with Crippen molar-refractivity contribution in [2.24, 2.45) is 0 Å². The molecule has 154 valence electrons. The van der Waals surface area contributed by atoms with E-state index in [1.165, 1.54) is 23.3 Å². The highest BCUT2D eigenvalue weighted by Gasteiger charge is 2.21. The van der Waals surface area contributed by atoms with Crippen molar-refractivity contribution in [3.05, 3.63) is 69.3 Å². The highest BCUT2D eigenvalue weighted by atomic mass is 32.1. The van der Waals surface area contributed by atoms with Gasteiger partial charge in [0.15, 0.2) is 5.69 Å². The number of thiophene rings is 1. The summed E-state index contributed by atoms with van der Waals surface area (Å²) in [6, 6.07) is 10.7. The lowest BCUT2D eigenvalue weighted by Crippen LogP contribution is -2.27. The summed E-state index contributed by atoms with van der Waals surface area (Å²) in [4.78, 5) is 41.9. The number of nitrogens with zero attached hydrogens (tertiary/aromatic N) is 3. The van der Waals surface area contributed by atoms with E-state index in [0.29, 0.717) is 34.0 Å². The van der Waals surface area contributed by atoms with Crippen LogP contribution in [-0.2, 0) is 0 Å². The van der Waals surface area contributed by atoms with Crippen molar-refractivity contribution in [1.29, 1.82) is 0 Å². The Labute approximate surface area is 180 Å². The molecule has 0 aliphatic carbocycles. The van der Waals surface area contributed by atoms with E-state index in [-0.39, 0.29) is 11.5 Å². The number of pyridine rings is 1. The number of aromatic nitrogens is 4. The fraction of sp³-hybridized carbons (Fsp3) is 0.0909. The number of benzene rings is 1. The van der Waals surface area contributed by atoms with Crippen molar-refractivity contribution in [2.45, 2.75) is 0 Å². The fourth-order valence-corrected chi connectivity index (χ4v) is 4.16. The Morgan fingerprint density at radius 2 is 2.00 bits per heavy atom. The second-order valence-electron chi connectivity index (χ2n) is 6.96. The highest BCUT2D eigenvalue weighted by molar-refractivity contribution is 7.09. The van der Waals surface area contributed by atoms with Gasteiger partial charge in [-0.05, 0) is 24.3 Å². The Morgan fingerprint density at radius 3 is 2.77 bits per heavy atom. The molecule has 0 unspecified atom stereocenters. The van der Waals surface area contributed by atoms with Crippen LogP contribution in [0.4, 0.5) is 5.82 Å². The Kier molecular flexibility index (Phi) is 4.52. The Balaban J connectivity index is 1.60. The van der Waals surface area contributed by atoms with Crippen LogP contribution in [0.25, 0.3) is 33.3 Å². The molecular formula is C22H17N5O3S. The molecule has 9 heteroatoms. The second-order valence-corrected chi connectivity index (χ2v) is 7.70. The third-order valence-electron chi connectivity index (χ3n) is 5.06. The molecule has 0 aliphatic rings. The minimum absolute atomic E-state index is 0.254. The normalized spacial score (nSPS) is 11.2. The number of H-pyrrole nitrogens is 2. The molecule has 5 aromatic rings. The van der Waals surface area contributed by atoms with Crippen LogP contribution < -0.4 is 15.2 Å². The molecule has 0 aliphatic heterocycles. The predicted molar refractivity (Wildman–Crippen MR) is 121 cm³/mol. The summed E-state index contributed by atoms with van der Waals surface area (Å²) in [5.74, 6) is 0.698. The maximum atomic E-state index is 13.1. The monoisotopic (exact) mass is 431 g/mol. The van der Waals surface area contributed by atoms with Gasteiger partial charge in [0.05, 0.1) is 29.4 Å². The molecule has 4 aromatic heterocycles. The predicted octanol–water partition coefficient (Wildman–Crippen LogP) is 3.81. The number of carbonyl (C=O) groups excluding carboxylic acids is 1. The zero-order chi connectivity index (χ0) is 21.5. The van der Waals surface area contributed by atoms with E-state index in [2.05, 4.69) is 19.9 Å². The molecule has 0 radical (unpaired) electrons. The minimum atomic E-state index is -0.282. The maximum absolute atomic E-state index is 13.1. The van der Waals surface area contributed by atoms with Gasteiger partial charge in [0.1, 0.15) is 11.6 Å². The van der Waals surface area contributed by atoms with Crippen LogP contribution in [-0.4, -0.2) is 40.0 Å². The smallest absolute Gasteiger partial charge is 0.276 e. The minimum Gasteiger partial charge on any atom is -0.496 e. The van der Waals surface area contributed by atoms with Gasteiger partial charge in [0.25, 0.3) is 11.5 Å². The van der Waals surface area contributed by atoms with Gasteiger partial charge < -0.3 is 14.7 Å². The molecule has 1 amide bonds. The zero-order valence-corrected chi connectivity index (χ0v) is 17.5. The number of amides is 1. The van der Waals surface area contributed by atoms with Crippen molar-refractivity contribution < 1.29 is 9.53 Å². The second kappa shape index (κ2) is 7.37. The number of aromatic amines is 2. The molecule has 0 atom stereocenters. The standard InChI is InChI=1S/C22H17N5O3S/c1-27(19-5-3-4-6-23-19)22(29)13-7-12-8-15(24-14(12)9-18(13)30-2)20-21(28)26-17-11-31-10-16(17)25-20/h3-11,24H,1-2H3,(H,26,28). The van der Waals surface area contributed by atoms with Gasteiger partial charge in [0.2, 0.25) is 0 Å². The van der Waals surface area contributed by atoms with E-state index in [4.69, 9.17) is 4.74 Å². The van der Waals surface area contributed by atoms with E-state index in [1.807, 2.05) is 22.9 Å². The van der Waals surface area contributed by atoms with Gasteiger partial charge >= 0.3 is 0 Å². The van der Waals surface area contributed by atoms with Crippen molar-refractivity contribution >= 4 is 45.0 Å². The van der Waals surface area contributed by atoms with Gasteiger partial charge in [-0.3, -0.25) is 14.5 Å². The lowest BCUT2D eigenvalue weighted by atomic mass is 10.1. The topological polar surface area (TPSA) is 104 Å². The molecule has 2 N–H and O–H groups in total. The number of methoxy groups -OCH3 is 1. The average molecular weight is 431 g/mol. The molecule has 8 nitrogen and oxygen atoms in total. The molecule has 0 saturated heterocycles. The molecular weight excluding hydrogens is 414 g/mol. The summed E-state index contributed by atoms with van der Waals surface area (Å²) in [5, 5.41) is 4.49.